The van der Waals surface area contributed by atoms with Crippen LogP contribution >= 0.6 is 0 Å². The van der Waals surface area contributed by atoms with Crippen molar-refractivity contribution in [3.8, 4) is 0 Å². The number of benzene rings is 2. The highest BCUT2D eigenvalue weighted by molar-refractivity contribution is 5.63. The molecule has 0 aliphatic carbocycles. The molecule has 3 rings (SSSR count). The molecular formula is C21H23FN4. The molecule has 0 amide bonds. The minimum atomic E-state index is -0.227. The number of aromatic nitrogens is 2. The molecule has 134 valence electrons. The Morgan fingerprint density at radius 3 is 2.42 bits per heavy atom. The summed E-state index contributed by atoms with van der Waals surface area (Å²) < 4.78 is 13.8. The van der Waals surface area contributed by atoms with E-state index in [9.17, 15) is 4.39 Å². The van der Waals surface area contributed by atoms with Gasteiger partial charge in [-0.3, -0.25) is 0 Å². The van der Waals surface area contributed by atoms with E-state index in [-0.39, 0.29) is 5.82 Å². The molecular weight excluding hydrogens is 327 g/mol. The number of rotatable bonds is 6. The van der Waals surface area contributed by atoms with E-state index in [1.54, 1.807) is 12.1 Å². The second-order valence-corrected chi connectivity index (χ2v) is 6.50. The zero-order valence-electron chi connectivity index (χ0n) is 15.3. The van der Waals surface area contributed by atoms with E-state index in [4.69, 9.17) is 0 Å². The first-order valence-electron chi connectivity index (χ1n) is 8.72. The Morgan fingerprint density at radius 1 is 0.962 bits per heavy atom. The number of hydrogen-bond acceptors (Lipinski definition) is 4. The number of aryl methyl sites for hydroxylation is 1. The zero-order chi connectivity index (χ0) is 18.5. The van der Waals surface area contributed by atoms with Crippen molar-refractivity contribution in [3.05, 3.63) is 77.4 Å². The second kappa shape index (κ2) is 7.95. The van der Waals surface area contributed by atoms with Crippen LogP contribution in [-0.2, 0) is 6.54 Å². The van der Waals surface area contributed by atoms with Crippen LogP contribution in [0.1, 0.15) is 36.7 Å². The van der Waals surface area contributed by atoms with Gasteiger partial charge in [0, 0.05) is 23.9 Å². The Morgan fingerprint density at radius 2 is 1.65 bits per heavy atom. The van der Waals surface area contributed by atoms with Gasteiger partial charge in [0.15, 0.2) is 0 Å². The molecule has 0 unspecified atom stereocenters. The van der Waals surface area contributed by atoms with E-state index >= 15 is 0 Å². The van der Waals surface area contributed by atoms with Gasteiger partial charge in [-0.2, -0.15) is 0 Å². The summed E-state index contributed by atoms with van der Waals surface area (Å²) in [4.78, 5) is 8.86. The van der Waals surface area contributed by atoms with Gasteiger partial charge in [-0.1, -0.05) is 50.2 Å². The van der Waals surface area contributed by atoms with Gasteiger partial charge in [0.1, 0.15) is 23.3 Å². The Labute approximate surface area is 153 Å². The van der Waals surface area contributed by atoms with Crippen molar-refractivity contribution in [2.24, 2.45) is 0 Å². The van der Waals surface area contributed by atoms with Gasteiger partial charge in [0.2, 0.25) is 0 Å². The average molecular weight is 350 g/mol. The van der Waals surface area contributed by atoms with Crippen LogP contribution in [0.2, 0.25) is 0 Å². The first-order chi connectivity index (χ1) is 12.5. The van der Waals surface area contributed by atoms with Crippen LogP contribution in [0, 0.1) is 12.7 Å². The molecule has 1 aromatic heterocycles. The van der Waals surface area contributed by atoms with Gasteiger partial charge in [-0.25, -0.2) is 14.4 Å². The summed E-state index contributed by atoms with van der Waals surface area (Å²) in [6, 6.07) is 16.7. The maximum absolute atomic E-state index is 13.8. The van der Waals surface area contributed by atoms with Crippen LogP contribution in [0.4, 0.5) is 21.7 Å². The number of halogens is 1. The predicted octanol–water partition coefficient (Wildman–Crippen LogP) is 5.40. The van der Waals surface area contributed by atoms with Crippen LogP contribution in [0.25, 0.3) is 0 Å². The Kier molecular flexibility index (Phi) is 5.46. The summed E-state index contributed by atoms with van der Waals surface area (Å²) in [5.41, 5.74) is 2.86. The van der Waals surface area contributed by atoms with Gasteiger partial charge >= 0.3 is 0 Å². The van der Waals surface area contributed by atoms with Crippen molar-refractivity contribution < 1.29 is 4.39 Å². The normalized spacial score (nSPS) is 10.8. The summed E-state index contributed by atoms with van der Waals surface area (Å²) in [5.74, 6) is 2.19. The lowest BCUT2D eigenvalue weighted by Crippen LogP contribution is -2.07. The predicted molar refractivity (Wildman–Crippen MR) is 104 cm³/mol. The lowest BCUT2D eigenvalue weighted by atomic mass is 10.0. The fraction of sp³-hybridized carbons (Fsp3) is 0.238. The summed E-state index contributed by atoms with van der Waals surface area (Å²) in [6.45, 7) is 6.53. The summed E-state index contributed by atoms with van der Waals surface area (Å²) in [7, 11) is 0. The third-order valence-corrected chi connectivity index (χ3v) is 4.10. The van der Waals surface area contributed by atoms with E-state index in [2.05, 4.69) is 40.5 Å². The molecule has 4 nitrogen and oxygen atoms in total. The summed E-state index contributed by atoms with van der Waals surface area (Å²) >= 11 is 0. The highest BCUT2D eigenvalue weighted by Gasteiger charge is 2.09. The fourth-order valence-electron chi connectivity index (χ4n) is 2.80. The molecule has 0 saturated carbocycles. The van der Waals surface area contributed by atoms with Crippen molar-refractivity contribution >= 4 is 17.3 Å². The summed E-state index contributed by atoms with van der Waals surface area (Å²) in [5, 5.41) is 6.55. The van der Waals surface area contributed by atoms with E-state index in [1.165, 1.54) is 11.6 Å². The van der Waals surface area contributed by atoms with E-state index in [0.717, 1.165) is 5.69 Å². The number of nitrogens with one attached hydrogen (secondary N) is 2. The molecule has 5 heteroatoms. The van der Waals surface area contributed by atoms with Crippen molar-refractivity contribution in [1.82, 2.24) is 9.97 Å². The van der Waals surface area contributed by atoms with Crippen LogP contribution in [0.3, 0.4) is 0 Å². The molecule has 0 atom stereocenters. The first kappa shape index (κ1) is 17.9. The molecule has 0 bridgehead atoms. The lowest BCUT2D eigenvalue weighted by molar-refractivity contribution is 0.613. The number of hydrogen-bond donors (Lipinski definition) is 2. The van der Waals surface area contributed by atoms with E-state index < -0.39 is 0 Å². The highest BCUT2D eigenvalue weighted by atomic mass is 19.1. The smallest absolute Gasteiger partial charge is 0.136 e. The van der Waals surface area contributed by atoms with Gasteiger partial charge in [0.05, 0.1) is 0 Å². The Hall–Kier alpha value is -2.95. The lowest BCUT2D eigenvalue weighted by Gasteiger charge is -2.15. The SMILES string of the molecule is Cc1nc(NCc2ccccc2F)cc(Nc2ccccc2C(C)C)n1. The topological polar surface area (TPSA) is 49.8 Å². The maximum Gasteiger partial charge on any atom is 0.136 e. The molecule has 0 fully saturated rings. The van der Waals surface area contributed by atoms with Gasteiger partial charge in [0.25, 0.3) is 0 Å². The third-order valence-electron chi connectivity index (χ3n) is 4.10. The van der Waals surface area contributed by atoms with Crippen LogP contribution < -0.4 is 10.6 Å². The monoisotopic (exact) mass is 350 g/mol. The number of anilines is 3. The molecule has 1 heterocycles. The third kappa shape index (κ3) is 4.36. The van der Waals surface area contributed by atoms with Crippen LogP contribution in [0.15, 0.2) is 54.6 Å². The molecule has 0 aliphatic heterocycles. The first-order valence-corrected chi connectivity index (χ1v) is 8.72. The summed E-state index contributed by atoms with van der Waals surface area (Å²) in [6.07, 6.45) is 0. The average Bonchev–Trinajstić information content (AvgIpc) is 2.61. The molecule has 3 aromatic rings. The van der Waals surface area contributed by atoms with Crippen LogP contribution in [0.5, 0.6) is 0 Å². The van der Waals surface area contributed by atoms with E-state index in [1.807, 2.05) is 37.3 Å². The van der Waals surface area contributed by atoms with Gasteiger partial charge in [-0.15, -0.1) is 0 Å². The second-order valence-electron chi connectivity index (χ2n) is 6.50. The quantitative estimate of drug-likeness (QED) is 0.625. The Bertz CT molecular complexity index is 893. The molecule has 0 saturated heterocycles. The minimum Gasteiger partial charge on any atom is -0.366 e. The molecule has 0 radical (unpaired) electrons. The molecule has 0 spiro atoms. The van der Waals surface area contributed by atoms with E-state index in [0.29, 0.717) is 35.5 Å². The molecule has 0 aliphatic rings. The Balaban J connectivity index is 1.79. The largest absolute Gasteiger partial charge is 0.366 e. The number of nitrogens with zero attached hydrogens (tertiary/aromatic N) is 2. The van der Waals surface area contributed by atoms with Gasteiger partial charge in [-0.05, 0) is 30.5 Å². The fourth-order valence-corrected chi connectivity index (χ4v) is 2.80. The molecule has 2 aromatic carbocycles. The standard InChI is InChI=1S/C21H23FN4/c1-14(2)17-9-5-7-11-19(17)26-21-12-20(24-15(3)25-21)23-13-16-8-4-6-10-18(16)22/h4-12,14H,13H2,1-3H3,(H2,23,24,25,26). The maximum atomic E-state index is 13.8. The molecule has 2 N–H and O–H groups in total. The van der Waals surface area contributed by atoms with Crippen molar-refractivity contribution in [2.45, 2.75) is 33.2 Å². The van der Waals surface area contributed by atoms with Crippen molar-refractivity contribution in [1.29, 1.82) is 0 Å². The highest BCUT2D eigenvalue weighted by Crippen LogP contribution is 2.27. The van der Waals surface area contributed by atoms with Crippen molar-refractivity contribution in [3.63, 3.8) is 0 Å². The van der Waals surface area contributed by atoms with Gasteiger partial charge < -0.3 is 10.6 Å². The molecule has 26 heavy (non-hydrogen) atoms. The van der Waals surface area contributed by atoms with Crippen molar-refractivity contribution in [2.75, 3.05) is 10.6 Å². The van der Waals surface area contributed by atoms with Crippen LogP contribution in [-0.4, -0.2) is 9.97 Å². The number of para-hydroxylation sites is 1. The zero-order valence-corrected chi connectivity index (χ0v) is 15.3. The minimum absolute atomic E-state index is 0.227.